The molecule has 0 heterocycles. The number of rotatable bonds is 19. The molecule has 1 rings (SSSR count). The lowest BCUT2D eigenvalue weighted by atomic mass is 10.1. The molecule has 0 aliphatic heterocycles. The summed E-state index contributed by atoms with van der Waals surface area (Å²) in [7, 11) is 1.83. The third-order valence-corrected chi connectivity index (χ3v) is 5.48. The number of carbonyl (C=O) groups is 3. The summed E-state index contributed by atoms with van der Waals surface area (Å²) in [5, 5.41) is 17.6. The van der Waals surface area contributed by atoms with Gasteiger partial charge in [-0.1, -0.05) is 12.1 Å². The van der Waals surface area contributed by atoms with Crippen molar-refractivity contribution in [2.24, 2.45) is 0 Å². The van der Waals surface area contributed by atoms with E-state index in [1.165, 1.54) is 9.13 Å². The standard InChI is InChI=1S/C23H36IN3O6/c1-25-13-14-32-15-16-33-17-22(29)27-20(23(30)31)6-2-3-12-26-21(28)7-4-5-18-8-10-19(24)11-9-18/h8-11,20,25H,2-7,12-17H2,1H3,(H,26,28)(H,27,29)(H,30,31)/t20-/m1/s1. The molecule has 1 aromatic rings. The number of hydrogen-bond donors (Lipinski definition) is 4. The molecule has 33 heavy (non-hydrogen) atoms. The van der Waals surface area contributed by atoms with Crippen LogP contribution in [0.1, 0.15) is 37.7 Å². The van der Waals surface area contributed by atoms with Gasteiger partial charge in [0, 0.05) is 23.1 Å². The number of likely N-dealkylation sites (N-methyl/N-ethyl adjacent to an activating group) is 1. The van der Waals surface area contributed by atoms with Crippen LogP contribution < -0.4 is 16.0 Å². The zero-order valence-corrected chi connectivity index (χ0v) is 21.4. The summed E-state index contributed by atoms with van der Waals surface area (Å²) < 4.78 is 11.7. The second-order valence-corrected chi connectivity index (χ2v) is 8.80. The van der Waals surface area contributed by atoms with Crippen LogP contribution in [-0.4, -0.2) is 75.5 Å². The molecule has 2 amide bonds. The van der Waals surface area contributed by atoms with Crippen LogP contribution in [0, 0.1) is 3.57 Å². The quantitative estimate of drug-likeness (QED) is 0.146. The van der Waals surface area contributed by atoms with Gasteiger partial charge in [-0.3, -0.25) is 9.59 Å². The fraction of sp³-hybridized carbons (Fsp3) is 0.609. The Kier molecular flexibility index (Phi) is 16.5. The summed E-state index contributed by atoms with van der Waals surface area (Å²) in [5.74, 6) is -1.56. The molecular weight excluding hydrogens is 541 g/mol. The second-order valence-electron chi connectivity index (χ2n) is 7.55. The Morgan fingerprint density at radius 3 is 2.39 bits per heavy atom. The largest absolute Gasteiger partial charge is 0.480 e. The monoisotopic (exact) mass is 577 g/mol. The van der Waals surface area contributed by atoms with Crippen molar-refractivity contribution < 1.29 is 29.0 Å². The third kappa shape index (κ3) is 15.7. The normalized spacial score (nSPS) is 11.7. The fourth-order valence-corrected chi connectivity index (χ4v) is 3.31. The van der Waals surface area contributed by atoms with E-state index in [4.69, 9.17) is 9.47 Å². The van der Waals surface area contributed by atoms with E-state index in [0.29, 0.717) is 39.0 Å². The molecule has 0 aliphatic carbocycles. The highest BCUT2D eigenvalue weighted by atomic mass is 127. The Balaban J connectivity index is 2.09. The van der Waals surface area contributed by atoms with Crippen molar-refractivity contribution in [2.45, 2.75) is 44.6 Å². The number of halogens is 1. The van der Waals surface area contributed by atoms with Crippen LogP contribution in [0.2, 0.25) is 0 Å². The van der Waals surface area contributed by atoms with Crippen molar-refractivity contribution in [1.29, 1.82) is 0 Å². The van der Waals surface area contributed by atoms with Gasteiger partial charge in [-0.15, -0.1) is 0 Å². The molecule has 0 saturated carbocycles. The van der Waals surface area contributed by atoms with Crippen LogP contribution in [0.5, 0.6) is 0 Å². The van der Waals surface area contributed by atoms with Crippen LogP contribution in [0.4, 0.5) is 0 Å². The zero-order valence-electron chi connectivity index (χ0n) is 19.2. The van der Waals surface area contributed by atoms with Gasteiger partial charge in [-0.05, 0) is 79.4 Å². The second kappa shape index (κ2) is 18.6. The summed E-state index contributed by atoms with van der Waals surface area (Å²) in [5.41, 5.74) is 1.22. The highest BCUT2D eigenvalue weighted by Crippen LogP contribution is 2.09. The van der Waals surface area contributed by atoms with Crippen molar-refractivity contribution in [1.82, 2.24) is 16.0 Å². The van der Waals surface area contributed by atoms with Gasteiger partial charge in [0.2, 0.25) is 11.8 Å². The number of carbonyl (C=O) groups excluding carboxylic acids is 2. The van der Waals surface area contributed by atoms with Gasteiger partial charge < -0.3 is 30.5 Å². The predicted octanol–water partition coefficient (Wildman–Crippen LogP) is 1.72. The minimum absolute atomic E-state index is 0.00400. The Morgan fingerprint density at radius 2 is 1.70 bits per heavy atom. The molecule has 0 spiro atoms. The van der Waals surface area contributed by atoms with Crippen molar-refractivity contribution in [3.05, 3.63) is 33.4 Å². The molecule has 186 valence electrons. The smallest absolute Gasteiger partial charge is 0.326 e. The van der Waals surface area contributed by atoms with Crippen molar-refractivity contribution in [2.75, 3.05) is 46.6 Å². The maximum atomic E-state index is 11.9. The zero-order chi connectivity index (χ0) is 24.3. The van der Waals surface area contributed by atoms with Crippen molar-refractivity contribution >= 4 is 40.4 Å². The number of benzene rings is 1. The SMILES string of the molecule is CNCCOCCOCC(=O)N[C@H](CCCCNC(=O)CCCc1ccc(I)cc1)C(=O)O. The van der Waals surface area contributed by atoms with Crippen LogP contribution >= 0.6 is 22.6 Å². The van der Waals surface area contributed by atoms with Crippen LogP contribution in [0.15, 0.2) is 24.3 Å². The molecule has 0 bridgehead atoms. The minimum Gasteiger partial charge on any atom is -0.480 e. The number of aliphatic carboxylic acids is 1. The summed E-state index contributed by atoms with van der Waals surface area (Å²) in [4.78, 5) is 35.2. The van der Waals surface area contributed by atoms with E-state index in [0.717, 1.165) is 19.4 Å². The topological polar surface area (TPSA) is 126 Å². The first-order valence-electron chi connectivity index (χ1n) is 11.3. The molecule has 4 N–H and O–H groups in total. The lowest BCUT2D eigenvalue weighted by Gasteiger charge is -2.15. The first kappa shape index (κ1) is 29.3. The number of ether oxygens (including phenoxy) is 2. The molecule has 0 saturated heterocycles. The van der Waals surface area contributed by atoms with Gasteiger partial charge in [0.15, 0.2) is 0 Å². The molecule has 1 aromatic carbocycles. The van der Waals surface area contributed by atoms with Gasteiger partial charge in [0.25, 0.3) is 0 Å². The maximum absolute atomic E-state index is 11.9. The summed E-state index contributed by atoms with van der Waals surface area (Å²) in [6.45, 7) is 2.20. The highest BCUT2D eigenvalue weighted by molar-refractivity contribution is 14.1. The molecular formula is C23H36IN3O6. The Hall–Kier alpha value is -1.76. The van der Waals surface area contributed by atoms with E-state index >= 15 is 0 Å². The van der Waals surface area contributed by atoms with E-state index < -0.39 is 17.9 Å². The van der Waals surface area contributed by atoms with Crippen molar-refractivity contribution in [3.63, 3.8) is 0 Å². The Labute approximate surface area is 209 Å². The fourth-order valence-electron chi connectivity index (χ4n) is 2.95. The van der Waals surface area contributed by atoms with E-state index in [9.17, 15) is 19.5 Å². The average Bonchev–Trinajstić information content (AvgIpc) is 2.78. The molecule has 0 aliphatic rings. The summed E-state index contributed by atoms with van der Waals surface area (Å²) in [6.07, 6.45) is 3.60. The molecule has 1 atom stereocenters. The van der Waals surface area contributed by atoms with Crippen LogP contribution in [0.3, 0.4) is 0 Å². The van der Waals surface area contributed by atoms with E-state index in [1.54, 1.807) is 0 Å². The minimum atomic E-state index is -1.08. The first-order chi connectivity index (χ1) is 15.9. The maximum Gasteiger partial charge on any atom is 0.326 e. The summed E-state index contributed by atoms with van der Waals surface area (Å²) in [6, 6.07) is 7.28. The third-order valence-electron chi connectivity index (χ3n) is 4.76. The van der Waals surface area contributed by atoms with Crippen molar-refractivity contribution in [3.8, 4) is 0 Å². The lowest BCUT2D eigenvalue weighted by Crippen LogP contribution is -2.42. The molecule has 0 aromatic heterocycles. The van der Waals surface area contributed by atoms with Crippen LogP contribution in [-0.2, 0) is 30.3 Å². The number of carboxylic acids is 1. The number of hydrogen-bond acceptors (Lipinski definition) is 6. The molecule has 9 nitrogen and oxygen atoms in total. The molecule has 0 unspecified atom stereocenters. The van der Waals surface area contributed by atoms with Crippen LogP contribution in [0.25, 0.3) is 0 Å². The Bertz CT molecular complexity index is 702. The summed E-state index contributed by atoms with van der Waals surface area (Å²) >= 11 is 2.26. The van der Waals surface area contributed by atoms with Gasteiger partial charge in [0.05, 0.1) is 19.8 Å². The predicted molar refractivity (Wildman–Crippen MR) is 134 cm³/mol. The first-order valence-corrected chi connectivity index (χ1v) is 12.3. The highest BCUT2D eigenvalue weighted by Gasteiger charge is 2.19. The number of aryl methyl sites for hydroxylation is 1. The molecule has 0 fully saturated rings. The van der Waals surface area contributed by atoms with E-state index in [1.807, 2.05) is 7.05 Å². The number of carboxylic acid groups (broad SMARTS) is 1. The van der Waals surface area contributed by atoms with E-state index in [-0.39, 0.29) is 25.5 Å². The average molecular weight is 577 g/mol. The Morgan fingerprint density at radius 1 is 0.970 bits per heavy atom. The van der Waals surface area contributed by atoms with Gasteiger partial charge in [-0.25, -0.2) is 4.79 Å². The number of nitrogens with one attached hydrogen (secondary N) is 3. The number of amides is 2. The van der Waals surface area contributed by atoms with Gasteiger partial charge in [0.1, 0.15) is 12.6 Å². The lowest BCUT2D eigenvalue weighted by molar-refractivity contribution is -0.142. The number of unbranched alkanes of at least 4 members (excludes halogenated alkanes) is 1. The van der Waals surface area contributed by atoms with E-state index in [2.05, 4.69) is 62.8 Å². The molecule has 10 heteroatoms. The van der Waals surface area contributed by atoms with Gasteiger partial charge in [-0.2, -0.15) is 0 Å². The molecule has 0 radical (unpaired) electrons. The van der Waals surface area contributed by atoms with Gasteiger partial charge >= 0.3 is 5.97 Å².